The number of benzene rings is 1. The Hall–Kier alpha value is -3.50. The normalized spacial score (nSPS) is 16.8. The zero-order valence-electron chi connectivity index (χ0n) is 19.8. The Kier molecular flexibility index (Phi) is 6.16. The number of pyridine rings is 1. The number of aliphatic hydroxyl groups excluding tert-OH is 1. The second-order valence-electron chi connectivity index (χ2n) is 9.14. The summed E-state index contributed by atoms with van der Waals surface area (Å²) < 4.78 is 31.5. The van der Waals surface area contributed by atoms with Crippen LogP contribution in [0.5, 0.6) is 0 Å². The number of aryl methyl sites for hydroxylation is 1. The average Bonchev–Trinajstić information content (AvgIpc) is 3.48. The number of hydrogen-bond acceptors (Lipinski definition) is 7. The summed E-state index contributed by atoms with van der Waals surface area (Å²) in [5.41, 5.74) is 1.81. The summed E-state index contributed by atoms with van der Waals surface area (Å²) in [6.45, 7) is 7.45. The number of halogens is 2. The predicted molar refractivity (Wildman–Crippen MR) is 129 cm³/mol. The van der Waals surface area contributed by atoms with Crippen molar-refractivity contribution >= 4 is 22.8 Å². The maximum Gasteiger partial charge on any atom is 0.229 e. The van der Waals surface area contributed by atoms with E-state index in [0.29, 0.717) is 17.2 Å². The van der Waals surface area contributed by atoms with E-state index in [1.807, 2.05) is 25.3 Å². The van der Waals surface area contributed by atoms with E-state index in [4.69, 9.17) is 0 Å². The molecule has 0 saturated carbocycles. The minimum Gasteiger partial charge on any atom is -0.388 e. The van der Waals surface area contributed by atoms with E-state index in [1.54, 1.807) is 24.4 Å². The summed E-state index contributed by atoms with van der Waals surface area (Å²) in [6.07, 6.45) is 2.97. The van der Waals surface area contributed by atoms with Crippen LogP contribution in [0.3, 0.4) is 0 Å². The summed E-state index contributed by atoms with van der Waals surface area (Å²) in [6, 6.07) is 6.49. The lowest BCUT2D eigenvalue weighted by Gasteiger charge is -2.17. The molecule has 0 radical (unpaired) electrons. The first-order valence-electron chi connectivity index (χ1n) is 11.6. The second-order valence-corrected chi connectivity index (χ2v) is 9.14. The summed E-state index contributed by atoms with van der Waals surface area (Å²) in [7, 11) is 0. The van der Waals surface area contributed by atoms with E-state index in [1.165, 1.54) is 6.07 Å². The van der Waals surface area contributed by atoms with E-state index in [0.717, 1.165) is 31.3 Å². The number of aromatic nitrogens is 5. The van der Waals surface area contributed by atoms with Gasteiger partial charge in [0.1, 0.15) is 22.9 Å². The highest BCUT2D eigenvalue weighted by molar-refractivity contribution is 5.83. The highest BCUT2D eigenvalue weighted by Crippen LogP contribution is 2.31. The Morgan fingerprint density at radius 1 is 1.11 bits per heavy atom. The first-order chi connectivity index (χ1) is 16.8. The van der Waals surface area contributed by atoms with Crippen LogP contribution in [0.25, 0.3) is 22.3 Å². The van der Waals surface area contributed by atoms with Crippen molar-refractivity contribution in [3.05, 3.63) is 59.7 Å². The molecule has 1 fully saturated rings. The molecular weight excluding hydrogens is 452 g/mol. The van der Waals surface area contributed by atoms with Crippen molar-refractivity contribution in [1.29, 1.82) is 0 Å². The highest BCUT2D eigenvalue weighted by atomic mass is 19.1. The lowest BCUT2D eigenvalue weighted by Crippen LogP contribution is -2.16. The van der Waals surface area contributed by atoms with Gasteiger partial charge in [-0.05, 0) is 57.5 Å². The van der Waals surface area contributed by atoms with E-state index in [2.05, 4.69) is 30.6 Å². The maximum absolute atomic E-state index is 14.9. The van der Waals surface area contributed by atoms with Crippen molar-refractivity contribution in [1.82, 2.24) is 29.8 Å². The van der Waals surface area contributed by atoms with Gasteiger partial charge < -0.3 is 20.3 Å². The zero-order chi connectivity index (χ0) is 24.7. The number of nitrogens with one attached hydrogen (secondary N) is 2. The molecule has 182 valence electrons. The molecule has 35 heavy (non-hydrogen) atoms. The molecule has 0 bridgehead atoms. The van der Waals surface area contributed by atoms with Crippen LogP contribution in [0.2, 0.25) is 0 Å². The third-order valence-corrected chi connectivity index (χ3v) is 6.37. The first kappa shape index (κ1) is 23.3. The SMILES string of the molecule is Cc1nc2c(F)cc(-c3nc(Nc4ccc([C@@H](O)[C@@H]5CCNC5)cn4)ncc3F)cc2n1C(C)C. The summed E-state index contributed by atoms with van der Waals surface area (Å²) in [5, 5.41) is 16.7. The van der Waals surface area contributed by atoms with E-state index in [-0.39, 0.29) is 34.7 Å². The summed E-state index contributed by atoms with van der Waals surface area (Å²) >= 11 is 0. The highest BCUT2D eigenvalue weighted by Gasteiger charge is 2.24. The molecule has 1 aromatic carbocycles. The molecule has 8 nitrogen and oxygen atoms in total. The van der Waals surface area contributed by atoms with Crippen molar-refractivity contribution in [2.75, 3.05) is 18.4 Å². The number of aliphatic hydroxyl groups is 1. The van der Waals surface area contributed by atoms with Gasteiger partial charge in [0.25, 0.3) is 0 Å². The third kappa shape index (κ3) is 4.46. The Labute approximate surface area is 201 Å². The third-order valence-electron chi connectivity index (χ3n) is 6.37. The molecule has 3 aromatic heterocycles. The fourth-order valence-corrected chi connectivity index (χ4v) is 4.67. The number of rotatable bonds is 6. The molecule has 0 spiro atoms. The fourth-order valence-electron chi connectivity index (χ4n) is 4.67. The molecule has 2 atom stereocenters. The van der Waals surface area contributed by atoms with Crippen LogP contribution in [0, 0.1) is 24.5 Å². The van der Waals surface area contributed by atoms with Crippen molar-refractivity contribution in [2.24, 2.45) is 5.92 Å². The minimum atomic E-state index is -0.668. The van der Waals surface area contributed by atoms with Gasteiger partial charge in [-0.3, -0.25) is 0 Å². The number of imidazole rings is 1. The standard InChI is InChI=1S/C25H27F2N7O/c1-13(2)34-14(3)31-23-18(26)8-17(9-20(23)34)22-19(27)12-30-25(33-22)32-21-5-4-15(11-29-21)24(35)16-6-7-28-10-16/h4-5,8-9,11-13,16,24,28,35H,6-7,10H2,1-3H3,(H,29,30,32,33)/t16-,24-/m1/s1. The lowest BCUT2D eigenvalue weighted by molar-refractivity contribution is 0.118. The van der Waals surface area contributed by atoms with Gasteiger partial charge in [0.05, 0.1) is 17.8 Å². The Morgan fingerprint density at radius 2 is 1.94 bits per heavy atom. The molecule has 1 aliphatic heterocycles. The monoisotopic (exact) mass is 479 g/mol. The number of hydrogen-bond donors (Lipinski definition) is 3. The molecule has 4 aromatic rings. The van der Waals surface area contributed by atoms with Crippen LogP contribution in [-0.2, 0) is 0 Å². The van der Waals surface area contributed by atoms with Crippen molar-refractivity contribution in [2.45, 2.75) is 39.3 Å². The molecule has 5 rings (SSSR count). The Bertz CT molecular complexity index is 1360. The second kappa shape index (κ2) is 9.27. The van der Waals surface area contributed by atoms with Crippen molar-refractivity contribution in [3.63, 3.8) is 0 Å². The number of fused-ring (bicyclic) bond motifs is 1. The van der Waals surface area contributed by atoms with Crippen molar-refractivity contribution < 1.29 is 13.9 Å². The quantitative estimate of drug-likeness (QED) is 0.376. The molecule has 4 heterocycles. The molecule has 10 heteroatoms. The van der Waals surface area contributed by atoms with E-state index in [9.17, 15) is 13.9 Å². The van der Waals surface area contributed by atoms with Crippen molar-refractivity contribution in [3.8, 4) is 11.3 Å². The Morgan fingerprint density at radius 3 is 2.63 bits per heavy atom. The van der Waals surface area contributed by atoms with Gasteiger partial charge in [0, 0.05) is 30.3 Å². The molecule has 1 saturated heterocycles. The van der Waals surface area contributed by atoms with Crippen LogP contribution >= 0.6 is 0 Å². The zero-order valence-corrected chi connectivity index (χ0v) is 19.8. The van der Waals surface area contributed by atoms with Gasteiger partial charge >= 0.3 is 0 Å². The number of anilines is 2. The smallest absolute Gasteiger partial charge is 0.229 e. The predicted octanol–water partition coefficient (Wildman–Crippen LogP) is 4.44. The molecule has 3 N–H and O–H groups in total. The van der Waals surface area contributed by atoms with E-state index >= 15 is 0 Å². The minimum absolute atomic E-state index is 0.0294. The van der Waals surface area contributed by atoms with Crippen LogP contribution in [-0.4, -0.2) is 42.7 Å². The summed E-state index contributed by atoms with van der Waals surface area (Å²) in [4.78, 5) is 17.0. The van der Waals surface area contributed by atoms with E-state index < -0.39 is 17.7 Å². The van der Waals surface area contributed by atoms with Crippen LogP contribution < -0.4 is 10.6 Å². The van der Waals surface area contributed by atoms with Crippen LogP contribution in [0.15, 0.2) is 36.7 Å². The Balaban J connectivity index is 1.43. The first-order valence-corrected chi connectivity index (χ1v) is 11.6. The molecule has 1 aliphatic rings. The topological polar surface area (TPSA) is 101 Å². The largest absolute Gasteiger partial charge is 0.388 e. The van der Waals surface area contributed by atoms with Gasteiger partial charge in [-0.25, -0.2) is 28.7 Å². The molecule has 0 aliphatic carbocycles. The van der Waals surface area contributed by atoms with Crippen LogP contribution in [0.1, 0.15) is 43.8 Å². The van der Waals surface area contributed by atoms with Crippen LogP contribution in [0.4, 0.5) is 20.5 Å². The maximum atomic E-state index is 14.9. The van der Waals surface area contributed by atoms with Gasteiger partial charge in [-0.1, -0.05) is 6.07 Å². The van der Waals surface area contributed by atoms with Gasteiger partial charge in [-0.15, -0.1) is 0 Å². The fraction of sp³-hybridized carbons (Fsp3) is 0.360. The molecule has 0 unspecified atom stereocenters. The molecule has 0 amide bonds. The lowest BCUT2D eigenvalue weighted by atomic mass is 9.96. The number of nitrogens with zero attached hydrogens (tertiary/aromatic N) is 5. The van der Waals surface area contributed by atoms with Gasteiger partial charge in [-0.2, -0.15) is 0 Å². The van der Waals surface area contributed by atoms with Gasteiger partial charge in [0.2, 0.25) is 5.95 Å². The average molecular weight is 480 g/mol. The molecular formula is C25H27F2N7O. The summed E-state index contributed by atoms with van der Waals surface area (Å²) in [5.74, 6) is 0.195. The van der Waals surface area contributed by atoms with Gasteiger partial charge in [0.15, 0.2) is 11.6 Å².